The zero-order chi connectivity index (χ0) is 18.0. The molecule has 2 aromatic carbocycles. The monoisotopic (exact) mass is 357 g/mol. The molecule has 0 amide bonds. The first-order chi connectivity index (χ1) is 12.0. The number of anilines is 1. The van der Waals surface area contributed by atoms with E-state index >= 15 is 0 Å². The molecule has 4 rings (SSSR count). The molecule has 0 saturated heterocycles. The molecular weight excluding hydrogens is 332 g/mol. The first-order valence-electron chi connectivity index (χ1n) is 8.54. The Bertz CT molecular complexity index is 888. The minimum atomic E-state index is -0.197. The van der Waals surface area contributed by atoms with Crippen LogP contribution in [0.1, 0.15) is 17.7 Å². The van der Waals surface area contributed by atoms with E-state index in [4.69, 9.17) is 5.73 Å². The molecule has 1 aromatic heterocycles. The summed E-state index contributed by atoms with van der Waals surface area (Å²) in [6, 6.07) is 14.0. The second-order valence-electron chi connectivity index (χ2n) is 6.49. The predicted octanol–water partition coefficient (Wildman–Crippen LogP) is 3.36. The van der Waals surface area contributed by atoms with E-state index in [2.05, 4.69) is 50.4 Å². The summed E-state index contributed by atoms with van der Waals surface area (Å²) in [5.74, 6) is -0.197. The van der Waals surface area contributed by atoms with Gasteiger partial charge < -0.3 is 15.6 Å². The summed E-state index contributed by atoms with van der Waals surface area (Å²) in [7, 11) is 6.25. The average Bonchev–Trinajstić information content (AvgIpc) is 2.90. The summed E-state index contributed by atoms with van der Waals surface area (Å²) in [6.07, 6.45) is 3.29. The minimum absolute atomic E-state index is 0.197. The second kappa shape index (κ2) is 7.55. The van der Waals surface area contributed by atoms with Gasteiger partial charge >= 0.3 is 0 Å². The number of aromatic nitrogens is 1. The number of halogens is 1. The fourth-order valence-electron chi connectivity index (χ4n) is 3.44. The molecule has 0 aliphatic heterocycles. The zero-order valence-corrected chi connectivity index (χ0v) is 15.9. The highest BCUT2D eigenvalue weighted by Crippen LogP contribution is 2.30. The Morgan fingerprint density at radius 3 is 2.72 bits per heavy atom. The van der Waals surface area contributed by atoms with E-state index < -0.39 is 0 Å². The van der Waals surface area contributed by atoms with E-state index in [1.165, 1.54) is 28.2 Å². The maximum atomic E-state index is 12.7. The molecule has 0 bridgehead atoms. The van der Waals surface area contributed by atoms with Gasteiger partial charge in [0.05, 0.1) is 0 Å². The van der Waals surface area contributed by atoms with Gasteiger partial charge in [-0.2, -0.15) is 0 Å². The van der Waals surface area contributed by atoms with Crippen LogP contribution >= 0.6 is 9.24 Å². The van der Waals surface area contributed by atoms with Gasteiger partial charge in [0.1, 0.15) is 5.82 Å². The highest BCUT2D eigenvalue weighted by molar-refractivity contribution is 7.27. The third-order valence-corrected chi connectivity index (χ3v) is 5.32. The Hall–Kier alpha value is -1.90. The topological polar surface area (TPSA) is 43.0 Å². The van der Waals surface area contributed by atoms with Gasteiger partial charge in [0.2, 0.25) is 0 Å². The number of nitrogens with one attached hydrogen (secondary N) is 1. The van der Waals surface area contributed by atoms with E-state index in [-0.39, 0.29) is 5.82 Å². The van der Waals surface area contributed by atoms with E-state index in [0.29, 0.717) is 11.3 Å². The third kappa shape index (κ3) is 3.70. The number of hydrogen-bond donors (Lipinski definition) is 2. The highest BCUT2D eigenvalue weighted by Gasteiger charge is 2.21. The molecule has 1 aliphatic rings. The molecule has 3 aromatic rings. The lowest BCUT2D eigenvalue weighted by Gasteiger charge is -2.19. The average molecular weight is 357 g/mol. The van der Waals surface area contributed by atoms with Crippen molar-refractivity contribution in [3.63, 3.8) is 0 Å². The van der Waals surface area contributed by atoms with Crippen LogP contribution in [0.5, 0.6) is 0 Å². The highest BCUT2D eigenvalue weighted by atomic mass is 31.0. The Morgan fingerprint density at radius 2 is 2.00 bits per heavy atom. The van der Waals surface area contributed by atoms with E-state index in [9.17, 15) is 4.39 Å². The number of benzene rings is 2. The fraction of sp³-hybridized carbons (Fsp3) is 0.300. The van der Waals surface area contributed by atoms with Gasteiger partial charge in [-0.3, -0.25) is 0 Å². The van der Waals surface area contributed by atoms with Crippen LogP contribution in [0.2, 0.25) is 0 Å². The molecule has 3 N–H and O–H groups in total. The van der Waals surface area contributed by atoms with Gasteiger partial charge in [-0.1, -0.05) is 24.3 Å². The number of hydrogen-bond acceptors (Lipinski definition) is 2. The van der Waals surface area contributed by atoms with Crippen molar-refractivity contribution in [2.75, 3.05) is 12.4 Å². The summed E-state index contributed by atoms with van der Waals surface area (Å²) >= 11 is 0. The van der Waals surface area contributed by atoms with Crippen LogP contribution in [0.4, 0.5) is 10.1 Å². The Balaban J connectivity index is 0.000000160. The normalized spacial score (nSPS) is 16.1. The van der Waals surface area contributed by atoms with Gasteiger partial charge in [0.25, 0.3) is 0 Å². The molecule has 0 saturated carbocycles. The lowest BCUT2D eigenvalue weighted by Crippen LogP contribution is -2.28. The van der Waals surface area contributed by atoms with E-state index in [1.54, 1.807) is 13.1 Å². The smallest absolute Gasteiger partial charge is 0.132 e. The molecule has 3 nitrogen and oxygen atoms in total. The molecule has 0 fully saturated rings. The van der Waals surface area contributed by atoms with Crippen molar-refractivity contribution in [2.24, 2.45) is 12.8 Å². The number of fused-ring (bicyclic) bond motifs is 3. The summed E-state index contributed by atoms with van der Waals surface area (Å²) < 4.78 is 15.0. The molecule has 1 heterocycles. The van der Waals surface area contributed by atoms with Crippen molar-refractivity contribution < 1.29 is 4.39 Å². The molecule has 1 aliphatic carbocycles. The van der Waals surface area contributed by atoms with Gasteiger partial charge in [0.15, 0.2) is 0 Å². The van der Waals surface area contributed by atoms with Crippen molar-refractivity contribution in [1.82, 2.24) is 4.57 Å². The first-order valence-corrected chi connectivity index (χ1v) is 9.12. The summed E-state index contributed by atoms with van der Waals surface area (Å²) in [5, 5.41) is 4.84. The largest absolute Gasteiger partial charge is 0.388 e. The van der Waals surface area contributed by atoms with E-state index in [0.717, 1.165) is 24.9 Å². The third-order valence-electron chi connectivity index (χ3n) is 4.85. The Labute approximate surface area is 150 Å². The van der Waals surface area contributed by atoms with Crippen molar-refractivity contribution in [2.45, 2.75) is 25.3 Å². The summed E-state index contributed by atoms with van der Waals surface area (Å²) in [4.78, 5) is 0. The lowest BCUT2D eigenvalue weighted by molar-refractivity contribution is 0.562. The van der Waals surface area contributed by atoms with Crippen LogP contribution in [0.15, 0.2) is 42.5 Å². The predicted molar refractivity (Wildman–Crippen MR) is 108 cm³/mol. The molecular formula is C20H25FN3P. The number of nitrogens with zero attached hydrogens (tertiary/aromatic N) is 1. The molecule has 0 radical (unpaired) electrons. The molecule has 25 heavy (non-hydrogen) atoms. The minimum Gasteiger partial charge on any atom is -0.388 e. The number of para-hydroxylation sites is 1. The molecule has 5 heteroatoms. The van der Waals surface area contributed by atoms with Crippen LogP contribution in [0.25, 0.3) is 10.9 Å². The number of rotatable bonds is 1. The van der Waals surface area contributed by atoms with Crippen molar-refractivity contribution in [3.8, 4) is 0 Å². The fourth-order valence-corrected chi connectivity index (χ4v) is 3.62. The van der Waals surface area contributed by atoms with Crippen LogP contribution < -0.4 is 16.4 Å². The zero-order valence-electron chi connectivity index (χ0n) is 14.7. The van der Waals surface area contributed by atoms with Crippen LogP contribution in [-0.2, 0) is 19.9 Å². The molecule has 132 valence electrons. The van der Waals surface area contributed by atoms with Crippen LogP contribution in [-0.4, -0.2) is 17.7 Å². The summed E-state index contributed by atoms with van der Waals surface area (Å²) in [5.41, 5.74) is 11.1. The molecule has 2 atom stereocenters. The van der Waals surface area contributed by atoms with Crippen molar-refractivity contribution in [3.05, 3.63) is 59.5 Å². The van der Waals surface area contributed by atoms with Crippen molar-refractivity contribution in [1.29, 1.82) is 0 Å². The SMILES string of the molecule is CNc1ccc(P)c(F)c1.Cn1c2c(c3ccccc31)CC(N)CC2. The Kier molecular flexibility index (Phi) is 5.41. The number of nitrogens with two attached hydrogens (primary N) is 1. The van der Waals surface area contributed by atoms with Gasteiger partial charge in [-0.05, 0) is 43.0 Å². The quantitative estimate of drug-likeness (QED) is 0.656. The maximum absolute atomic E-state index is 12.7. The maximum Gasteiger partial charge on any atom is 0.132 e. The molecule has 2 unspecified atom stereocenters. The standard InChI is InChI=1S/C13H16N2.C7H9FNP/c1-15-12-5-3-2-4-10(12)11-8-9(14)6-7-13(11)15;1-9-5-2-3-7(10)6(8)4-5/h2-5,9H,6-8,14H2,1H3;2-4,9H,10H2,1H3. The van der Waals surface area contributed by atoms with Crippen LogP contribution in [0, 0.1) is 5.82 Å². The number of aryl methyl sites for hydroxylation is 1. The molecule has 0 spiro atoms. The second-order valence-corrected chi connectivity index (χ2v) is 7.11. The lowest BCUT2D eigenvalue weighted by atomic mass is 9.92. The van der Waals surface area contributed by atoms with Crippen molar-refractivity contribution >= 4 is 31.1 Å². The van der Waals surface area contributed by atoms with Gasteiger partial charge in [-0.15, -0.1) is 9.24 Å². The Morgan fingerprint density at radius 1 is 1.24 bits per heavy atom. The van der Waals surface area contributed by atoms with Gasteiger partial charge in [-0.25, -0.2) is 4.39 Å². The van der Waals surface area contributed by atoms with Crippen LogP contribution in [0.3, 0.4) is 0 Å². The first kappa shape index (κ1) is 17.9. The summed E-state index contributed by atoms with van der Waals surface area (Å²) in [6.45, 7) is 0. The van der Waals surface area contributed by atoms with E-state index in [1.807, 2.05) is 6.07 Å². The van der Waals surface area contributed by atoms with Gasteiger partial charge in [0, 0.05) is 47.7 Å².